The normalized spacial score (nSPS) is 16.8. The predicted octanol–water partition coefficient (Wildman–Crippen LogP) is 5.08. The summed E-state index contributed by atoms with van der Waals surface area (Å²) < 4.78 is 11.0. The number of ether oxygens (including phenoxy) is 2. The van der Waals surface area contributed by atoms with Crippen LogP contribution in [0.4, 0.5) is 4.79 Å². The van der Waals surface area contributed by atoms with Crippen molar-refractivity contribution in [3.63, 3.8) is 0 Å². The van der Waals surface area contributed by atoms with E-state index in [-0.39, 0.29) is 18.7 Å². The topological polar surface area (TPSA) is 74.8 Å². The Morgan fingerprint density at radius 3 is 2.74 bits per heavy atom. The van der Waals surface area contributed by atoms with Crippen molar-refractivity contribution in [1.82, 2.24) is 9.88 Å². The average molecular weight is 443 g/mol. The molecule has 2 heterocycles. The predicted molar refractivity (Wildman–Crippen MR) is 121 cm³/mol. The highest BCUT2D eigenvalue weighted by atomic mass is 35.5. The number of hydrogen-bond donors (Lipinski definition) is 2. The van der Waals surface area contributed by atoms with Crippen LogP contribution in [0.25, 0.3) is 10.9 Å². The fraction of sp³-hybridized carbons (Fsp3) is 0.375. The molecule has 0 spiro atoms. The number of amides is 1. The van der Waals surface area contributed by atoms with Gasteiger partial charge in [0.15, 0.2) is 0 Å². The molecule has 0 radical (unpaired) electrons. The van der Waals surface area contributed by atoms with Gasteiger partial charge in [0.25, 0.3) is 0 Å². The number of aliphatic hydroxyl groups is 1. The molecule has 164 valence electrons. The number of nitrogens with zero attached hydrogens (tertiary/aromatic N) is 1. The minimum atomic E-state index is -0.488. The molecular formula is C24H27ClN2O4. The summed E-state index contributed by atoms with van der Waals surface area (Å²) in [6, 6.07) is 13.2. The van der Waals surface area contributed by atoms with Gasteiger partial charge in [-0.3, -0.25) is 4.90 Å². The van der Waals surface area contributed by atoms with Crippen molar-refractivity contribution >= 4 is 28.6 Å². The second-order valence-corrected chi connectivity index (χ2v) is 8.13. The summed E-state index contributed by atoms with van der Waals surface area (Å²) in [5.41, 5.74) is 4.11. The van der Waals surface area contributed by atoms with Gasteiger partial charge in [0.1, 0.15) is 18.4 Å². The Balaban J connectivity index is 1.71. The summed E-state index contributed by atoms with van der Waals surface area (Å²) in [6.07, 6.45) is 0.544. The highest BCUT2D eigenvalue weighted by Gasteiger charge is 2.35. The van der Waals surface area contributed by atoms with Crippen LogP contribution in [0.2, 0.25) is 5.02 Å². The van der Waals surface area contributed by atoms with E-state index in [2.05, 4.69) is 4.98 Å². The molecule has 1 amide bonds. The zero-order valence-electron chi connectivity index (χ0n) is 17.7. The van der Waals surface area contributed by atoms with E-state index < -0.39 is 6.10 Å². The number of aromatic amines is 1. The summed E-state index contributed by atoms with van der Waals surface area (Å²) in [4.78, 5) is 18.0. The lowest BCUT2D eigenvalue weighted by Crippen LogP contribution is -2.40. The van der Waals surface area contributed by atoms with E-state index in [1.54, 1.807) is 4.90 Å². The number of carbonyl (C=O) groups is 1. The van der Waals surface area contributed by atoms with E-state index in [9.17, 15) is 9.90 Å². The van der Waals surface area contributed by atoms with Gasteiger partial charge >= 0.3 is 6.09 Å². The Bertz CT molecular complexity index is 1060. The van der Waals surface area contributed by atoms with Crippen molar-refractivity contribution in [1.29, 1.82) is 0 Å². The number of H-pyrrole nitrogens is 1. The molecular weight excluding hydrogens is 416 g/mol. The molecule has 7 heteroatoms. The third-order valence-electron chi connectivity index (χ3n) is 5.70. The molecule has 3 aromatic rings. The van der Waals surface area contributed by atoms with Crippen LogP contribution < -0.4 is 4.74 Å². The molecule has 0 saturated heterocycles. The molecule has 31 heavy (non-hydrogen) atoms. The van der Waals surface area contributed by atoms with E-state index >= 15 is 0 Å². The first kappa shape index (κ1) is 21.5. The van der Waals surface area contributed by atoms with Gasteiger partial charge in [0.05, 0.1) is 12.7 Å². The molecule has 0 fully saturated rings. The Morgan fingerprint density at radius 2 is 2.03 bits per heavy atom. The number of halogens is 1. The summed E-state index contributed by atoms with van der Waals surface area (Å²) in [6.45, 7) is 4.85. The Morgan fingerprint density at radius 1 is 1.26 bits per heavy atom. The molecule has 6 nitrogen and oxygen atoms in total. The monoisotopic (exact) mass is 442 g/mol. The third kappa shape index (κ3) is 4.36. The molecule has 2 N–H and O–H groups in total. The quantitative estimate of drug-likeness (QED) is 0.558. The number of hydrogen-bond acceptors (Lipinski definition) is 4. The Labute approximate surface area is 186 Å². The van der Waals surface area contributed by atoms with Crippen molar-refractivity contribution in [2.45, 2.75) is 38.8 Å². The van der Waals surface area contributed by atoms with Crippen LogP contribution in [-0.4, -0.2) is 46.9 Å². The molecule has 1 aliphatic heterocycles. The average Bonchev–Trinajstić information content (AvgIpc) is 3.15. The van der Waals surface area contributed by atoms with Crippen LogP contribution in [0.1, 0.15) is 43.1 Å². The molecule has 4 rings (SSSR count). The second kappa shape index (κ2) is 9.20. The largest absolute Gasteiger partial charge is 0.491 e. The number of rotatable bonds is 6. The summed E-state index contributed by atoms with van der Waals surface area (Å²) >= 11 is 6.24. The Kier molecular flexibility index (Phi) is 6.39. The molecule has 0 aliphatic carbocycles. The first-order valence-electron chi connectivity index (χ1n) is 10.7. The van der Waals surface area contributed by atoms with Crippen LogP contribution >= 0.6 is 11.6 Å². The van der Waals surface area contributed by atoms with Gasteiger partial charge in [0.2, 0.25) is 0 Å². The molecule has 1 aliphatic rings. The highest BCUT2D eigenvalue weighted by Crippen LogP contribution is 2.39. The van der Waals surface area contributed by atoms with Gasteiger partial charge < -0.3 is 19.6 Å². The fourth-order valence-corrected chi connectivity index (χ4v) is 4.24. The van der Waals surface area contributed by atoms with E-state index in [1.807, 2.05) is 56.3 Å². The van der Waals surface area contributed by atoms with Crippen molar-refractivity contribution in [3.05, 3.63) is 64.3 Å². The first-order valence-corrected chi connectivity index (χ1v) is 11.0. The standard InChI is InChI=1S/C24H27ClN2O4/c1-3-17(28)14-31-18-8-5-15(6-9-18)23-22-19(11-12-27(23)24(29)30-4-2)20-13-16(25)7-10-21(20)26-22/h5-10,13,17,23,26,28H,3-4,11-12,14H2,1-2H3. The molecule has 2 atom stereocenters. The summed E-state index contributed by atoms with van der Waals surface area (Å²) in [5, 5.41) is 11.5. The summed E-state index contributed by atoms with van der Waals surface area (Å²) in [5.74, 6) is 0.679. The van der Waals surface area contributed by atoms with Crippen molar-refractivity contribution in [3.8, 4) is 5.75 Å². The number of nitrogens with one attached hydrogen (secondary N) is 1. The Hall–Kier alpha value is -2.70. The number of benzene rings is 2. The zero-order chi connectivity index (χ0) is 22.0. The van der Waals surface area contributed by atoms with Gasteiger partial charge in [0, 0.05) is 28.2 Å². The van der Waals surface area contributed by atoms with Crippen LogP contribution in [0.5, 0.6) is 5.75 Å². The highest BCUT2D eigenvalue weighted by molar-refractivity contribution is 6.31. The first-order chi connectivity index (χ1) is 15.0. The summed E-state index contributed by atoms with van der Waals surface area (Å²) in [7, 11) is 0. The van der Waals surface area contributed by atoms with E-state index in [0.29, 0.717) is 30.3 Å². The minimum Gasteiger partial charge on any atom is -0.491 e. The van der Waals surface area contributed by atoms with Gasteiger partial charge in [-0.05, 0) is 61.2 Å². The minimum absolute atomic E-state index is 0.251. The van der Waals surface area contributed by atoms with Gasteiger partial charge in [-0.15, -0.1) is 0 Å². The van der Waals surface area contributed by atoms with Crippen LogP contribution in [0, 0.1) is 0 Å². The number of carbonyl (C=O) groups excluding carboxylic acids is 1. The molecule has 2 aromatic carbocycles. The van der Waals surface area contributed by atoms with Crippen LogP contribution in [0.15, 0.2) is 42.5 Å². The maximum absolute atomic E-state index is 12.8. The lowest BCUT2D eigenvalue weighted by molar-refractivity contribution is 0.0930. The van der Waals surface area contributed by atoms with Gasteiger partial charge in [-0.2, -0.15) is 0 Å². The second-order valence-electron chi connectivity index (χ2n) is 7.69. The maximum Gasteiger partial charge on any atom is 0.410 e. The maximum atomic E-state index is 12.8. The third-order valence-corrected chi connectivity index (χ3v) is 5.94. The van der Waals surface area contributed by atoms with E-state index in [0.717, 1.165) is 28.6 Å². The molecule has 2 unspecified atom stereocenters. The van der Waals surface area contributed by atoms with E-state index in [4.69, 9.17) is 21.1 Å². The van der Waals surface area contributed by atoms with Crippen molar-refractivity contribution < 1.29 is 19.4 Å². The smallest absolute Gasteiger partial charge is 0.410 e. The number of aromatic nitrogens is 1. The van der Waals surface area contributed by atoms with Crippen LogP contribution in [-0.2, 0) is 11.2 Å². The van der Waals surface area contributed by atoms with Crippen molar-refractivity contribution in [2.24, 2.45) is 0 Å². The molecule has 0 saturated carbocycles. The lowest BCUT2D eigenvalue weighted by atomic mass is 9.92. The molecule has 1 aromatic heterocycles. The van der Waals surface area contributed by atoms with Crippen molar-refractivity contribution in [2.75, 3.05) is 19.8 Å². The number of aliphatic hydroxyl groups excluding tert-OH is 1. The van der Waals surface area contributed by atoms with Crippen LogP contribution in [0.3, 0.4) is 0 Å². The fourth-order valence-electron chi connectivity index (χ4n) is 4.07. The zero-order valence-corrected chi connectivity index (χ0v) is 18.5. The number of fused-ring (bicyclic) bond motifs is 3. The SMILES string of the molecule is CCOC(=O)N1CCc2c([nH]c3ccc(Cl)cc23)C1c1ccc(OCC(O)CC)cc1. The molecule has 0 bridgehead atoms. The van der Waals surface area contributed by atoms with E-state index in [1.165, 1.54) is 5.56 Å². The lowest BCUT2D eigenvalue weighted by Gasteiger charge is -2.35. The van der Waals surface area contributed by atoms with Gasteiger partial charge in [-0.1, -0.05) is 30.7 Å². The van der Waals surface area contributed by atoms with Gasteiger partial charge in [-0.25, -0.2) is 4.79 Å².